The molecular weight excluding hydrogens is 366 g/mol. The Morgan fingerprint density at radius 1 is 1.03 bits per heavy atom. The molecule has 3 N–H and O–H groups in total. The van der Waals surface area contributed by atoms with E-state index in [1.165, 1.54) is 6.07 Å². The number of aromatic nitrogens is 3. The molecule has 142 valence electrons. The summed E-state index contributed by atoms with van der Waals surface area (Å²) in [4.78, 5) is 23.4. The van der Waals surface area contributed by atoms with Crippen molar-refractivity contribution in [3.05, 3.63) is 82.8 Å². The minimum Gasteiger partial charge on any atom is -0.501 e. The summed E-state index contributed by atoms with van der Waals surface area (Å²) in [5.74, 6) is 0.662. The number of H-pyrrole nitrogens is 2. The zero-order valence-corrected chi connectivity index (χ0v) is 15.6. The zero-order valence-electron chi connectivity index (χ0n) is 15.6. The molecule has 0 atom stereocenters. The van der Waals surface area contributed by atoms with Crippen LogP contribution in [0.15, 0.2) is 76.1 Å². The van der Waals surface area contributed by atoms with Gasteiger partial charge in [0.25, 0.3) is 0 Å². The van der Waals surface area contributed by atoms with Crippen LogP contribution in [0.3, 0.4) is 0 Å². The number of hydrogen-bond acceptors (Lipinski definition) is 4. The maximum Gasteiger partial charge on any atom is 0.227 e. The van der Waals surface area contributed by atoms with Gasteiger partial charge in [-0.2, -0.15) is 0 Å². The second kappa shape index (κ2) is 6.53. The summed E-state index contributed by atoms with van der Waals surface area (Å²) >= 11 is 0. The van der Waals surface area contributed by atoms with Gasteiger partial charge in [0.1, 0.15) is 23.0 Å². The smallest absolute Gasteiger partial charge is 0.227 e. The summed E-state index contributed by atoms with van der Waals surface area (Å²) in [6, 6.07) is 18.7. The van der Waals surface area contributed by atoms with Crippen LogP contribution in [0.1, 0.15) is 5.76 Å². The predicted molar refractivity (Wildman–Crippen MR) is 112 cm³/mol. The van der Waals surface area contributed by atoms with Crippen molar-refractivity contribution >= 4 is 10.9 Å². The lowest BCUT2D eigenvalue weighted by atomic mass is 10.1. The maximum atomic E-state index is 12.2. The number of hydrogen-bond donors (Lipinski definition) is 3. The van der Waals surface area contributed by atoms with Crippen LogP contribution in [0.2, 0.25) is 0 Å². The normalized spacial score (nSPS) is 11.2. The summed E-state index contributed by atoms with van der Waals surface area (Å²) in [5.41, 5.74) is 3.30. The molecule has 0 saturated heterocycles. The Morgan fingerprint density at radius 3 is 2.69 bits per heavy atom. The first-order chi connectivity index (χ1) is 14.1. The first kappa shape index (κ1) is 17.1. The SMILES string of the molecule is Cc1cc(=O)c(O)c(-c2[nH]c(-c3cccc4[nH]ccc34)nc2-c2ccccc2)o1. The minimum absolute atomic E-state index is 0.0776. The second-order valence-electron chi connectivity index (χ2n) is 6.82. The van der Waals surface area contributed by atoms with Gasteiger partial charge >= 0.3 is 0 Å². The van der Waals surface area contributed by atoms with Crippen LogP contribution in [-0.2, 0) is 0 Å². The number of nitrogens with one attached hydrogen (secondary N) is 2. The summed E-state index contributed by atoms with van der Waals surface area (Å²) in [7, 11) is 0. The van der Waals surface area contributed by atoms with Gasteiger partial charge in [0.05, 0.1) is 0 Å². The second-order valence-corrected chi connectivity index (χ2v) is 6.82. The highest BCUT2D eigenvalue weighted by molar-refractivity contribution is 5.94. The van der Waals surface area contributed by atoms with Crippen molar-refractivity contribution < 1.29 is 9.52 Å². The van der Waals surface area contributed by atoms with Gasteiger partial charge in [0, 0.05) is 34.3 Å². The fourth-order valence-corrected chi connectivity index (χ4v) is 3.54. The number of fused-ring (bicyclic) bond motifs is 1. The highest BCUT2D eigenvalue weighted by atomic mass is 16.4. The van der Waals surface area contributed by atoms with Crippen LogP contribution in [0.5, 0.6) is 5.75 Å². The summed E-state index contributed by atoms with van der Waals surface area (Å²) < 4.78 is 5.73. The third kappa shape index (κ3) is 2.82. The van der Waals surface area contributed by atoms with Crippen LogP contribution in [0, 0.1) is 6.92 Å². The summed E-state index contributed by atoms with van der Waals surface area (Å²) in [6.07, 6.45) is 1.88. The standard InChI is InChI=1S/C23H17N3O3/c1-13-12-18(27)21(28)22(29-13)20-19(14-6-3-2-4-7-14)25-23(26-20)16-8-5-9-17-15(16)10-11-24-17/h2-12,24,28H,1H3,(H,25,26). The van der Waals surface area contributed by atoms with E-state index in [9.17, 15) is 9.90 Å². The average molecular weight is 383 g/mol. The van der Waals surface area contributed by atoms with Gasteiger partial charge < -0.3 is 19.5 Å². The van der Waals surface area contributed by atoms with E-state index in [2.05, 4.69) is 9.97 Å². The number of aryl methyl sites for hydroxylation is 1. The quantitative estimate of drug-likeness (QED) is 0.415. The van der Waals surface area contributed by atoms with Crippen molar-refractivity contribution in [1.29, 1.82) is 0 Å². The average Bonchev–Trinajstić information content (AvgIpc) is 3.38. The lowest BCUT2D eigenvalue weighted by Gasteiger charge is -2.05. The Balaban J connectivity index is 1.81. The molecule has 2 aromatic carbocycles. The molecule has 0 spiro atoms. The third-order valence-electron chi connectivity index (χ3n) is 4.87. The predicted octanol–water partition coefficient (Wildman–Crippen LogP) is 4.86. The van der Waals surface area contributed by atoms with E-state index in [4.69, 9.17) is 9.40 Å². The number of benzene rings is 2. The molecule has 0 bridgehead atoms. The Bertz CT molecular complexity index is 1390. The Labute approximate surface area is 165 Å². The number of aromatic amines is 2. The molecular formula is C23H17N3O3. The summed E-state index contributed by atoms with van der Waals surface area (Å²) in [6.45, 7) is 1.67. The Kier molecular flexibility index (Phi) is 3.84. The van der Waals surface area contributed by atoms with Gasteiger partial charge in [-0.05, 0) is 19.1 Å². The van der Waals surface area contributed by atoms with Crippen molar-refractivity contribution in [3.63, 3.8) is 0 Å². The van der Waals surface area contributed by atoms with Crippen LogP contribution in [0.4, 0.5) is 0 Å². The van der Waals surface area contributed by atoms with E-state index in [1.807, 2.05) is 60.8 Å². The van der Waals surface area contributed by atoms with E-state index in [0.29, 0.717) is 23.0 Å². The molecule has 3 aromatic heterocycles. The molecule has 3 heterocycles. The Morgan fingerprint density at radius 2 is 1.86 bits per heavy atom. The van der Waals surface area contributed by atoms with Gasteiger partial charge in [-0.1, -0.05) is 42.5 Å². The zero-order chi connectivity index (χ0) is 20.0. The monoisotopic (exact) mass is 383 g/mol. The molecule has 6 heteroatoms. The molecule has 0 aliphatic rings. The van der Waals surface area contributed by atoms with Crippen molar-refractivity contribution in [2.45, 2.75) is 6.92 Å². The molecule has 0 saturated carbocycles. The molecule has 0 amide bonds. The number of nitrogens with zero attached hydrogens (tertiary/aromatic N) is 1. The molecule has 5 rings (SSSR count). The largest absolute Gasteiger partial charge is 0.501 e. The maximum absolute atomic E-state index is 12.2. The van der Waals surface area contributed by atoms with Crippen LogP contribution >= 0.6 is 0 Å². The number of aromatic hydroxyl groups is 1. The molecule has 0 unspecified atom stereocenters. The molecule has 29 heavy (non-hydrogen) atoms. The first-order valence-electron chi connectivity index (χ1n) is 9.18. The molecule has 6 nitrogen and oxygen atoms in total. The van der Waals surface area contributed by atoms with Gasteiger partial charge in [-0.15, -0.1) is 0 Å². The van der Waals surface area contributed by atoms with Crippen molar-refractivity contribution in [2.24, 2.45) is 0 Å². The molecule has 5 aromatic rings. The van der Waals surface area contributed by atoms with Crippen molar-refractivity contribution in [2.75, 3.05) is 0 Å². The molecule has 0 fully saturated rings. The van der Waals surface area contributed by atoms with Crippen molar-refractivity contribution in [3.8, 4) is 39.8 Å². The molecule has 0 radical (unpaired) electrons. The van der Waals surface area contributed by atoms with Crippen LogP contribution in [0.25, 0.3) is 45.0 Å². The highest BCUT2D eigenvalue weighted by Crippen LogP contribution is 2.37. The molecule has 0 aliphatic heterocycles. The van der Waals surface area contributed by atoms with Crippen molar-refractivity contribution in [1.82, 2.24) is 15.0 Å². The number of imidazole rings is 1. The van der Waals surface area contributed by atoms with Gasteiger partial charge in [0.15, 0.2) is 5.76 Å². The van der Waals surface area contributed by atoms with E-state index in [0.717, 1.165) is 22.0 Å². The van der Waals surface area contributed by atoms with E-state index in [1.54, 1.807) is 6.92 Å². The topological polar surface area (TPSA) is 94.9 Å². The minimum atomic E-state index is -0.494. The molecule has 0 aliphatic carbocycles. The van der Waals surface area contributed by atoms with E-state index in [-0.39, 0.29) is 5.76 Å². The van der Waals surface area contributed by atoms with Gasteiger partial charge in [-0.25, -0.2) is 4.98 Å². The van der Waals surface area contributed by atoms with E-state index >= 15 is 0 Å². The van der Waals surface area contributed by atoms with E-state index < -0.39 is 11.2 Å². The van der Waals surface area contributed by atoms with Gasteiger partial charge in [-0.3, -0.25) is 4.79 Å². The Hall–Kier alpha value is -4.06. The lowest BCUT2D eigenvalue weighted by molar-refractivity contribution is 0.429. The first-order valence-corrected chi connectivity index (χ1v) is 9.18. The fourth-order valence-electron chi connectivity index (χ4n) is 3.54. The fraction of sp³-hybridized carbons (Fsp3) is 0.0435. The number of rotatable bonds is 3. The van der Waals surface area contributed by atoms with Crippen LogP contribution in [-0.4, -0.2) is 20.1 Å². The summed E-state index contributed by atoms with van der Waals surface area (Å²) in [5, 5.41) is 11.4. The third-order valence-corrected chi connectivity index (χ3v) is 4.87. The van der Waals surface area contributed by atoms with Gasteiger partial charge in [0.2, 0.25) is 11.2 Å². The highest BCUT2D eigenvalue weighted by Gasteiger charge is 2.22. The van der Waals surface area contributed by atoms with Crippen LogP contribution < -0.4 is 5.43 Å². The lowest BCUT2D eigenvalue weighted by Crippen LogP contribution is -2.01.